The Bertz CT molecular complexity index is 395. The zero-order chi connectivity index (χ0) is 12.3. The fourth-order valence-electron chi connectivity index (χ4n) is 2.32. The molecule has 1 unspecified atom stereocenters. The van der Waals surface area contributed by atoms with Crippen LogP contribution in [-0.4, -0.2) is 12.5 Å². The third-order valence-corrected chi connectivity index (χ3v) is 3.29. The number of hydrogen-bond acceptors (Lipinski definition) is 2. The SMILES string of the molecule is CCCC(C)(C)C1=NC(c2ccccc2)CO1. The van der Waals surface area contributed by atoms with Gasteiger partial charge < -0.3 is 4.74 Å². The minimum Gasteiger partial charge on any atom is -0.478 e. The highest BCUT2D eigenvalue weighted by Gasteiger charge is 2.31. The Morgan fingerprint density at radius 3 is 2.65 bits per heavy atom. The maximum atomic E-state index is 5.79. The van der Waals surface area contributed by atoms with E-state index >= 15 is 0 Å². The molecule has 2 rings (SSSR count). The predicted molar refractivity (Wildman–Crippen MR) is 71.3 cm³/mol. The summed E-state index contributed by atoms with van der Waals surface area (Å²) in [7, 11) is 0. The molecule has 0 aromatic heterocycles. The van der Waals surface area contributed by atoms with Crippen LogP contribution >= 0.6 is 0 Å². The monoisotopic (exact) mass is 231 g/mol. The van der Waals surface area contributed by atoms with Gasteiger partial charge in [-0.05, 0) is 12.0 Å². The Labute approximate surface area is 104 Å². The molecule has 0 saturated heterocycles. The quantitative estimate of drug-likeness (QED) is 0.768. The van der Waals surface area contributed by atoms with Gasteiger partial charge in [-0.15, -0.1) is 0 Å². The molecule has 17 heavy (non-hydrogen) atoms. The fourth-order valence-corrected chi connectivity index (χ4v) is 2.32. The van der Waals surface area contributed by atoms with Gasteiger partial charge >= 0.3 is 0 Å². The zero-order valence-corrected chi connectivity index (χ0v) is 10.9. The van der Waals surface area contributed by atoms with Crippen LogP contribution in [0.1, 0.15) is 45.2 Å². The Morgan fingerprint density at radius 2 is 2.00 bits per heavy atom. The molecule has 1 aliphatic heterocycles. The number of ether oxygens (including phenoxy) is 1. The minimum absolute atomic E-state index is 0.0677. The van der Waals surface area contributed by atoms with Gasteiger partial charge in [0.25, 0.3) is 0 Å². The molecule has 0 amide bonds. The maximum Gasteiger partial charge on any atom is 0.189 e. The third-order valence-electron chi connectivity index (χ3n) is 3.29. The third kappa shape index (κ3) is 2.68. The van der Waals surface area contributed by atoms with E-state index in [0.717, 1.165) is 18.7 Å². The van der Waals surface area contributed by atoms with Gasteiger partial charge in [0.05, 0.1) is 0 Å². The number of benzene rings is 1. The highest BCUT2D eigenvalue weighted by atomic mass is 16.5. The van der Waals surface area contributed by atoms with Gasteiger partial charge in [-0.3, -0.25) is 0 Å². The number of hydrogen-bond donors (Lipinski definition) is 0. The van der Waals surface area contributed by atoms with Crippen LogP contribution in [0, 0.1) is 5.41 Å². The zero-order valence-electron chi connectivity index (χ0n) is 10.9. The molecule has 0 bridgehead atoms. The van der Waals surface area contributed by atoms with Crippen molar-refractivity contribution < 1.29 is 4.74 Å². The van der Waals surface area contributed by atoms with Crippen LogP contribution in [0.15, 0.2) is 35.3 Å². The molecule has 1 aliphatic rings. The molecule has 2 nitrogen and oxygen atoms in total. The lowest BCUT2D eigenvalue weighted by atomic mass is 9.88. The Kier molecular flexibility index (Phi) is 3.51. The van der Waals surface area contributed by atoms with Crippen molar-refractivity contribution in [3.63, 3.8) is 0 Å². The summed E-state index contributed by atoms with van der Waals surface area (Å²) in [4.78, 5) is 4.74. The van der Waals surface area contributed by atoms with Gasteiger partial charge in [-0.1, -0.05) is 57.5 Å². The summed E-state index contributed by atoms with van der Waals surface area (Å²) in [5.41, 5.74) is 1.31. The molecule has 0 aliphatic carbocycles. The highest BCUT2D eigenvalue weighted by molar-refractivity contribution is 5.83. The summed E-state index contributed by atoms with van der Waals surface area (Å²) < 4.78 is 5.79. The lowest BCUT2D eigenvalue weighted by molar-refractivity contribution is 0.269. The van der Waals surface area contributed by atoms with Crippen molar-refractivity contribution in [3.05, 3.63) is 35.9 Å². The average molecular weight is 231 g/mol. The van der Waals surface area contributed by atoms with Crippen molar-refractivity contribution in [2.75, 3.05) is 6.61 Å². The van der Waals surface area contributed by atoms with Gasteiger partial charge in [0.2, 0.25) is 0 Å². The second-order valence-corrected chi connectivity index (χ2v) is 5.31. The van der Waals surface area contributed by atoms with Crippen LogP contribution in [-0.2, 0) is 4.74 Å². The Balaban J connectivity index is 2.14. The predicted octanol–water partition coefficient (Wildman–Crippen LogP) is 3.98. The van der Waals surface area contributed by atoms with Gasteiger partial charge in [0.1, 0.15) is 12.6 Å². The van der Waals surface area contributed by atoms with Crippen LogP contribution in [0.2, 0.25) is 0 Å². The number of nitrogens with zero attached hydrogens (tertiary/aromatic N) is 1. The van der Waals surface area contributed by atoms with E-state index in [1.54, 1.807) is 0 Å². The molecule has 1 atom stereocenters. The first-order chi connectivity index (χ1) is 8.13. The fraction of sp³-hybridized carbons (Fsp3) is 0.533. The van der Waals surface area contributed by atoms with Crippen LogP contribution in [0.5, 0.6) is 0 Å². The average Bonchev–Trinajstić information content (AvgIpc) is 2.80. The lowest BCUT2D eigenvalue weighted by Crippen LogP contribution is -2.24. The van der Waals surface area contributed by atoms with Crippen molar-refractivity contribution in [1.82, 2.24) is 0 Å². The summed E-state index contributed by atoms with van der Waals surface area (Å²) in [6, 6.07) is 10.6. The van der Waals surface area contributed by atoms with Crippen LogP contribution in [0.25, 0.3) is 0 Å². The van der Waals surface area contributed by atoms with Crippen molar-refractivity contribution in [1.29, 1.82) is 0 Å². The van der Waals surface area contributed by atoms with Gasteiger partial charge in [-0.25, -0.2) is 4.99 Å². The van der Waals surface area contributed by atoms with E-state index < -0.39 is 0 Å². The molecule has 0 N–H and O–H groups in total. The first-order valence-corrected chi connectivity index (χ1v) is 6.39. The van der Waals surface area contributed by atoms with Gasteiger partial charge in [0.15, 0.2) is 5.90 Å². The topological polar surface area (TPSA) is 21.6 Å². The largest absolute Gasteiger partial charge is 0.478 e. The molecule has 0 radical (unpaired) electrons. The number of aliphatic imine (C=N–C) groups is 1. The second-order valence-electron chi connectivity index (χ2n) is 5.31. The second kappa shape index (κ2) is 4.91. The molecular formula is C15H21NO. The number of rotatable bonds is 4. The van der Waals surface area contributed by atoms with Crippen molar-refractivity contribution in [2.24, 2.45) is 10.4 Å². The molecule has 1 aromatic rings. The van der Waals surface area contributed by atoms with Crippen molar-refractivity contribution in [2.45, 2.75) is 39.7 Å². The molecule has 2 heteroatoms. The van der Waals surface area contributed by atoms with Gasteiger partial charge in [-0.2, -0.15) is 0 Å². The minimum atomic E-state index is 0.0677. The summed E-state index contributed by atoms with van der Waals surface area (Å²) >= 11 is 0. The standard InChI is InChI=1S/C15H21NO/c1-4-10-15(2,3)14-16-13(11-17-14)12-8-6-5-7-9-12/h5-9,13H,4,10-11H2,1-3H3. The van der Waals surface area contributed by atoms with Crippen molar-refractivity contribution >= 4 is 5.90 Å². The van der Waals surface area contributed by atoms with E-state index in [9.17, 15) is 0 Å². The first kappa shape index (κ1) is 12.2. The summed E-state index contributed by atoms with van der Waals surface area (Å²) in [6.45, 7) is 7.31. The summed E-state index contributed by atoms with van der Waals surface area (Å²) in [5.74, 6) is 0.924. The van der Waals surface area contributed by atoms with E-state index in [0.29, 0.717) is 6.61 Å². The first-order valence-electron chi connectivity index (χ1n) is 6.39. The van der Waals surface area contributed by atoms with E-state index in [-0.39, 0.29) is 11.5 Å². The molecule has 0 saturated carbocycles. The maximum absolute atomic E-state index is 5.79. The molecule has 1 aromatic carbocycles. The normalized spacial score (nSPS) is 19.9. The van der Waals surface area contributed by atoms with E-state index in [2.05, 4.69) is 45.0 Å². The summed E-state index contributed by atoms with van der Waals surface area (Å²) in [5, 5.41) is 0. The Hall–Kier alpha value is -1.31. The van der Waals surface area contributed by atoms with E-state index in [1.165, 1.54) is 5.56 Å². The molecule has 92 valence electrons. The lowest BCUT2D eigenvalue weighted by Gasteiger charge is -2.22. The Morgan fingerprint density at radius 1 is 1.29 bits per heavy atom. The summed E-state index contributed by atoms with van der Waals surface area (Å²) in [6.07, 6.45) is 2.28. The van der Waals surface area contributed by atoms with Crippen LogP contribution < -0.4 is 0 Å². The molecule has 0 spiro atoms. The highest BCUT2D eigenvalue weighted by Crippen LogP contribution is 2.32. The van der Waals surface area contributed by atoms with Gasteiger partial charge in [0, 0.05) is 5.41 Å². The van der Waals surface area contributed by atoms with E-state index in [4.69, 9.17) is 9.73 Å². The molecular weight excluding hydrogens is 210 g/mol. The molecule has 1 heterocycles. The van der Waals surface area contributed by atoms with Crippen molar-refractivity contribution in [3.8, 4) is 0 Å². The molecule has 0 fully saturated rings. The van der Waals surface area contributed by atoms with Crippen LogP contribution in [0.4, 0.5) is 0 Å². The van der Waals surface area contributed by atoms with E-state index in [1.807, 2.05) is 6.07 Å². The van der Waals surface area contributed by atoms with Crippen LogP contribution in [0.3, 0.4) is 0 Å². The smallest absolute Gasteiger partial charge is 0.189 e.